The quantitative estimate of drug-likeness (QED) is 0.684. The van der Waals surface area contributed by atoms with Gasteiger partial charge in [-0.05, 0) is 18.4 Å². The number of hydrogen-bond donors (Lipinski definition) is 1. The largest absolute Gasteiger partial charge is 0.465 e. The Hall–Kier alpha value is -1.58. The van der Waals surface area contributed by atoms with Crippen LogP contribution in [0.2, 0.25) is 0 Å². The number of hydrogen-bond acceptors (Lipinski definition) is 3. The molecule has 1 aromatic heterocycles. The highest BCUT2D eigenvalue weighted by molar-refractivity contribution is 6.01. The van der Waals surface area contributed by atoms with Gasteiger partial charge in [-0.15, -0.1) is 0 Å². The number of esters is 1. The number of ether oxygens (including phenoxy) is 1. The van der Waals surface area contributed by atoms with Crippen molar-refractivity contribution < 1.29 is 14.3 Å². The monoisotopic (exact) mass is 193 g/mol. The van der Waals surface area contributed by atoms with E-state index in [0.29, 0.717) is 17.7 Å². The maximum absolute atomic E-state index is 11.4. The number of aromatic amines is 1. The minimum absolute atomic E-state index is 0.0846. The molecule has 1 aromatic rings. The van der Waals surface area contributed by atoms with Crippen LogP contribution in [0.4, 0.5) is 0 Å². The van der Waals surface area contributed by atoms with E-state index in [1.54, 1.807) is 6.20 Å². The van der Waals surface area contributed by atoms with Gasteiger partial charge >= 0.3 is 5.97 Å². The summed E-state index contributed by atoms with van der Waals surface area (Å²) in [6, 6.07) is 0. The van der Waals surface area contributed by atoms with Crippen LogP contribution in [0.3, 0.4) is 0 Å². The predicted molar refractivity (Wildman–Crippen MR) is 49.4 cm³/mol. The summed E-state index contributed by atoms with van der Waals surface area (Å²) in [5.41, 5.74) is 1.89. The summed E-state index contributed by atoms with van der Waals surface area (Å²) in [6.07, 6.45) is 3.70. The summed E-state index contributed by atoms with van der Waals surface area (Å²) in [7, 11) is 1.34. The van der Waals surface area contributed by atoms with Crippen molar-refractivity contribution in [2.24, 2.45) is 0 Å². The van der Waals surface area contributed by atoms with Gasteiger partial charge < -0.3 is 9.72 Å². The Morgan fingerprint density at radius 3 is 3.00 bits per heavy atom. The van der Waals surface area contributed by atoms with Gasteiger partial charge in [0.15, 0.2) is 5.78 Å². The van der Waals surface area contributed by atoms with E-state index in [1.165, 1.54) is 7.11 Å². The second-order valence-electron chi connectivity index (χ2n) is 3.32. The highest BCUT2D eigenvalue weighted by atomic mass is 16.5. The van der Waals surface area contributed by atoms with Gasteiger partial charge in [0, 0.05) is 12.6 Å². The Kier molecular flexibility index (Phi) is 2.11. The van der Waals surface area contributed by atoms with E-state index in [4.69, 9.17) is 0 Å². The van der Waals surface area contributed by atoms with Gasteiger partial charge in [0.05, 0.1) is 18.4 Å². The molecule has 0 saturated carbocycles. The van der Waals surface area contributed by atoms with E-state index >= 15 is 0 Å². The Labute approximate surface area is 81.3 Å². The van der Waals surface area contributed by atoms with Crippen molar-refractivity contribution in [3.63, 3.8) is 0 Å². The molecule has 14 heavy (non-hydrogen) atoms. The van der Waals surface area contributed by atoms with E-state index in [-0.39, 0.29) is 11.8 Å². The van der Waals surface area contributed by atoms with Crippen molar-refractivity contribution in [1.82, 2.24) is 4.98 Å². The van der Waals surface area contributed by atoms with E-state index in [2.05, 4.69) is 9.72 Å². The molecule has 74 valence electrons. The Bertz CT molecular complexity index is 392. The molecule has 0 aliphatic heterocycles. The first-order valence-electron chi connectivity index (χ1n) is 4.56. The minimum Gasteiger partial charge on any atom is -0.465 e. The molecular formula is C10H11NO3. The lowest BCUT2D eigenvalue weighted by atomic mass is 9.94. The van der Waals surface area contributed by atoms with Crippen molar-refractivity contribution in [3.05, 3.63) is 23.0 Å². The molecule has 1 heterocycles. The average Bonchev–Trinajstić information content (AvgIpc) is 2.62. The number of rotatable bonds is 1. The first-order chi connectivity index (χ1) is 6.74. The number of nitrogens with one attached hydrogen (secondary N) is 1. The minimum atomic E-state index is -0.378. The summed E-state index contributed by atoms with van der Waals surface area (Å²) in [4.78, 5) is 25.6. The zero-order chi connectivity index (χ0) is 10.1. The second-order valence-corrected chi connectivity index (χ2v) is 3.32. The number of fused-ring (bicyclic) bond motifs is 1. The second kappa shape index (κ2) is 3.29. The van der Waals surface area contributed by atoms with Gasteiger partial charge in [0.1, 0.15) is 0 Å². The van der Waals surface area contributed by atoms with Crippen LogP contribution in [-0.4, -0.2) is 23.8 Å². The SMILES string of the molecule is COC(=O)c1c[nH]c2c1CCCC2=O. The molecule has 1 aliphatic carbocycles. The van der Waals surface area contributed by atoms with Crippen LogP contribution in [-0.2, 0) is 11.2 Å². The van der Waals surface area contributed by atoms with Crippen molar-refractivity contribution >= 4 is 11.8 Å². The van der Waals surface area contributed by atoms with Crippen LogP contribution in [0.15, 0.2) is 6.20 Å². The van der Waals surface area contributed by atoms with Crippen LogP contribution in [0.25, 0.3) is 0 Å². The fraction of sp³-hybridized carbons (Fsp3) is 0.400. The molecule has 0 atom stereocenters. The van der Waals surface area contributed by atoms with Crippen LogP contribution >= 0.6 is 0 Å². The number of carbonyl (C=O) groups excluding carboxylic acids is 2. The molecule has 0 spiro atoms. The highest BCUT2D eigenvalue weighted by Gasteiger charge is 2.24. The lowest BCUT2D eigenvalue weighted by Crippen LogP contribution is -2.12. The third-order valence-electron chi connectivity index (χ3n) is 2.50. The van der Waals surface area contributed by atoms with Gasteiger partial charge in [-0.2, -0.15) is 0 Å². The molecule has 4 nitrogen and oxygen atoms in total. The molecule has 0 amide bonds. The molecule has 4 heteroatoms. The lowest BCUT2D eigenvalue weighted by Gasteiger charge is -2.10. The highest BCUT2D eigenvalue weighted by Crippen LogP contribution is 2.24. The molecule has 0 saturated heterocycles. The number of H-pyrrole nitrogens is 1. The number of aromatic nitrogens is 1. The molecule has 1 N–H and O–H groups in total. The van der Waals surface area contributed by atoms with E-state index in [0.717, 1.165) is 18.4 Å². The summed E-state index contributed by atoms with van der Waals surface area (Å²) in [5.74, 6) is -0.293. The third kappa shape index (κ3) is 1.23. The molecule has 2 rings (SSSR count). The van der Waals surface area contributed by atoms with Crippen LogP contribution in [0, 0.1) is 0 Å². The van der Waals surface area contributed by atoms with Crippen molar-refractivity contribution in [3.8, 4) is 0 Å². The zero-order valence-electron chi connectivity index (χ0n) is 7.92. The molecule has 1 aliphatic rings. The lowest BCUT2D eigenvalue weighted by molar-refractivity contribution is 0.0599. The molecule has 0 fully saturated rings. The summed E-state index contributed by atoms with van der Waals surface area (Å²) in [6.45, 7) is 0. The summed E-state index contributed by atoms with van der Waals surface area (Å²) in [5, 5.41) is 0. The third-order valence-corrected chi connectivity index (χ3v) is 2.50. The molecule has 0 bridgehead atoms. The Morgan fingerprint density at radius 1 is 1.50 bits per heavy atom. The van der Waals surface area contributed by atoms with Crippen molar-refractivity contribution in [2.45, 2.75) is 19.3 Å². The maximum Gasteiger partial charge on any atom is 0.339 e. The van der Waals surface area contributed by atoms with Gasteiger partial charge in [0.25, 0.3) is 0 Å². The maximum atomic E-state index is 11.4. The van der Waals surface area contributed by atoms with Gasteiger partial charge in [0.2, 0.25) is 0 Å². The summed E-state index contributed by atoms with van der Waals surface area (Å²) >= 11 is 0. The normalized spacial score (nSPS) is 15.1. The topological polar surface area (TPSA) is 59.2 Å². The smallest absolute Gasteiger partial charge is 0.339 e. The summed E-state index contributed by atoms with van der Waals surface area (Å²) < 4.78 is 4.63. The Morgan fingerprint density at radius 2 is 2.29 bits per heavy atom. The molecule has 0 radical (unpaired) electrons. The molecule has 0 unspecified atom stereocenters. The standard InChI is InChI=1S/C10H11NO3/c1-14-10(13)7-5-11-9-6(7)3-2-4-8(9)12/h5,11H,2-4H2,1H3. The number of Topliss-reactive ketones (excluding diaryl/α,β-unsaturated/α-hetero) is 1. The van der Waals surface area contributed by atoms with E-state index < -0.39 is 0 Å². The van der Waals surface area contributed by atoms with Gasteiger partial charge in [-0.3, -0.25) is 4.79 Å². The first kappa shape index (κ1) is 8.99. The predicted octanol–water partition coefficient (Wildman–Crippen LogP) is 1.32. The number of methoxy groups -OCH3 is 1. The molecular weight excluding hydrogens is 182 g/mol. The first-order valence-corrected chi connectivity index (χ1v) is 4.56. The van der Waals surface area contributed by atoms with Crippen molar-refractivity contribution in [1.29, 1.82) is 0 Å². The zero-order valence-corrected chi connectivity index (χ0v) is 7.92. The van der Waals surface area contributed by atoms with Gasteiger partial charge in [-0.1, -0.05) is 0 Å². The van der Waals surface area contributed by atoms with Crippen LogP contribution < -0.4 is 0 Å². The van der Waals surface area contributed by atoms with E-state index in [1.807, 2.05) is 0 Å². The van der Waals surface area contributed by atoms with E-state index in [9.17, 15) is 9.59 Å². The number of carbonyl (C=O) groups is 2. The Balaban J connectivity index is 2.45. The molecule has 0 aromatic carbocycles. The number of ketones is 1. The van der Waals surface area contributed by atoms with Crippen LogP contribution in [0.1, 0.15) is 39.3 Å². The fourth-order valence-electron chi connectivity index (χ4n) is 1.80. The fourth-order valence-corrected chi connectivity index (χ4v) is 1.80. The van der Waals surface area contributed by atoms with Crippen LogP contribution in [0.5, 0.6) is 0 Å². The van der Waals surface area contributed by atoms with Gasteiger partial charge in [-0.25, -0.2) is 4.79 Å². The van der Waals surface area contributed by atoms with Crippen molar-refractivity contribution in [2.75, 3.05) is 7.11 Å². The average molecular weight is 193 g/mol.